The zero-order valence-electron chi connectivity index (χ0n) is 10.6. The summed E-state index contributed by atoms with van der Waals surface area (Å²) in [7, 11) is 0. The molecule has 6 nitrogen and oxygen atoms in total. The molecule has 0 fully saturated rings. The van der Waals surface area contributed by atoms with Crippen molar-refractivity contribution >= 4 is 34.9 Å². The molecular weight excluding hydrogens is 280 g/mol. The van der Waals surface area contributed by atoms with Crippen LogP contribution in [0.1, 0.15) is 17.3 Å². The minimum absolute atomic E-state index is 0.203. The Morgan fingerprint density at radius 2 is 1.90 bits per heavy atom. The van der Waals surface area contributed by atoms with E-state index in [1.165, 1.54) is 13.0 Å². The molecule has 0 unspecified atom stereocenters. The Kier molecular flexibility index (Phi) is 4.27. The summed E-state index contributed by atoms with van der Waals surface area (Å²) in [5, 5.41) is 12.8. The van der Waals surface area contributed by atoms with Crippen LogP contribution in [0.5, 0.6) is 0 Å². The number of amides is 2. The highest BCUT2D eigenvalue weighted by Gasteiger charge is 2.08. The summed E-state index contributed by atoms with van der Waals surface area (Å²) < 4.78 is 0. The van der Waals surface area contributed by atoms with Crippen molar-refractivity contribution in [3.8, 4) is 0 Å². The summed E-state index contributed by atoms with van der Waals surface area (Å²) in [4.78, 5) is 23.0. The van der Waals surface area contributed by atoms with Crippen LogP contribution in [-0.4, -0.2) is 22.0 Å². The van der Waals surface area contributed by atoms with E-state index in [1.807, 2.05) is 0 Å². The van der Waals surface area contributed by atoms with Crippen LogP contribution in [0.25, 0.3) is 0 Å². The van der Waals surface area contributed by atoms with Crippen molar-refractivity contribution in [1.29, 1.82) is 0 Å². The van der Waals surface area contributed by atoms with Crippen molar-refractivity contribution in [2.24, 2.45) is 0 Å². The average molecular weight is 291 g/mol. The number of hydrogen-bond donors (Lipinski definition) is 2. The molecule has 0 spiro atoms. The molecule has 0 aliphatic carbocycles. The van der Waals surface area contributed by atoms with Crippen molar-refractivity contribution in [1.82, 2.24) is 10.2 Å². The van der Waals surface area contributed by atoms with Crippen LogP contribution < -0.4 is 10.6 Å². The van der Waals surface area contributed by atoms with Crippen LogP contribution in [-0.2, 0) is 4.79 Å². The van der Waals surface area contributed by atoms with Gasteiger partial charge in [-0.05, 0) is 30.3 Å². The fraction of sp³-hybridized carbons (Fsp3) is 0.0769. The Balaban J connectivity index is 2.12. The average Bonchev–Trinajstić information content (AvgIpc) is 2.41. The number of hydrogen-bond acceptors (Lipinski definition) is 4. The lowest BCUT2D eigenvalue weighted by molar-refractivity contribution is -0.114. The summed E-state index contributed by atoms with van der Waals surface area (Å²) in [6.07, 6.45) is 0. The number of benzene rings is 1. The molecule has 2 amide bonds. The van der Waals surface area contributed by atoms with Crippen LogP contribution in [0.15, 0.2) is 36.4 Å². The monoisotopic (exact) mass is 290 g/mol. The second-order valence-corrected chi connectivity index (χ2v) is 4.34. The van der Waals surface area contributed by atoms with Gasteiger partial charge in [-0.25, -0.2) is 0 Å². The van der Waals surface area contributed by atoms with Crippen LogP contribution >= 0.6 is 11.6 Å². The molecule has 20 heavy (non-hydrogen) atoms. The zero-order valence-corrected chi connectivity index (χ0v) is 11.3. The van der Waals surface area contributed by atoms with Crippen LogP contribution in [0.4, 0.5) is 11.5 Å². The molecular formula is C13H11ClN4O2. The minimum Gasteiger partial charge on any atom is -0.326 e. The standard InChI is InChI=1S/C13H11ClN4O2/c1-8(19)15-10-4-2-3-9(7-10)13(20)16-12-6-5-11(14)17-18-12/h2-7H,1H3,(H,15,19)(H,16,18,20). The second-order valence-electron chi connectivity index (χ2n) is 3.96. The molecule has 0 radical (unpaired) electrons. The Morgan fingerprint density at radius 3 is 2.55 bits per heavy atom. The molecule has 1 heterocycles. The zero-order chi connectivity index (χ0) is 14.5. The number of nitrogens with zero attached hydrogens (tertiary/aromatic N) is 2. The summed E-state index contributed by atoms with van der Waals surface area (Å²) in [5.41, 5.74) is 0.945. The summed E-state index contributed by atoms with van der Waals surface area (Å²) in [6.45, 7) is 1.40. The van der Waals surface area contributed by atoms with Crippen molar-refractivity contribution < 1.29 is 9.59 Å². The lowest BCUT2D eigenvalue weighted by Crippen LogP contribution is -2.14. The van der Waals surface area contributed by atoms with E-state index in [9.17, 15) is 9.59 Å². The van der Waals surface area contributed by atoms with Crippen molar-refractivity contribution in [2.45, 2.75) is 6.92 Å². The number of carbonyl (C=O) groups is 2. The molecule has 2 N–H and O–H groups in total. The second kappa shape index (κ2) is 6.12. The Labute approximate surface area is 120 Å². The lowest BCUT2D eigenvalue weighted by Gasteiger charge is -2.06. The number of rotatable bonds is 3. The van der Waals surface area contributed by atoms with Gasteiger partial charge in [-0.2, -0.15) is 0 Å². The largest absolute Gasteiger partial charge is 0.326 e. The van der Waals surface area contributed by atoms with E-state index in [0.29, 0.717) is 17.1 Å². The van der Waals surface area contributed by atoms with Gasteiger partial charge >= 0.3 is 0 Å². The van der Waals surface area contributed by atoms with E-state index in [0.717, 1.165) is 0 Å². The first-order valence-electron chi connectivity index (χ1n) is 5.73. The van der Waals surface area contributed by atoms with Gasteiger partial charge < -0.3 is 10.6 Å². The fourth-order valence-electron chi connectivity index (χ4n) is 1.51. The third kappa shape index (κ3) is 3.76. The molecule has 2 rings (SSSR count). The number of anilines is 2. The van der Waals surface area contributed by atoms with E-state index in [1.54, 1.807) is 30.3 Å². The molecule has 0 atom stereocenters. The van der Waals surface area contributed by atoms with E-state index >= 15 is 0 Å². The minimum atomic E-state index is -0.353. The highest BCUT2D eigenvalue weighted by atomic mass is 35.5. The van der Waals surface area contributed by atoms with Crippen molar-refractivity contribution in [2.75, 3.05) is 10.6 Å². The summed E-state index contributed by atoms with van der Waals surface area (Å²) in [5.74, 6) is -0.260. The molecule has 0 saturated carbocycles. The number of aromatic nitrogens is 2. The normalized spacial score (nSPS) is 9.90. The summed E-state index contributed by atoms with van der Waals surface area (Å²) in [6, 6.07) is 9.64. The van der Waals surface area contributed by atoms with Crippen molar-refractivity contribution in [3.63, 3.8) is 0 Å². The van der Waals surface area contributed by atoms with Gasteiger partial charge in [0.2, 0.25) is 5.91 Å². The van der Waals surface area contributed by atoms with Gasteiger partial charge in [0.15, 0.2) is 11.0 Å². The van der Waals surface area contributed by atoms with Crippen molar-refractivity contribution in [3.05, 3.63) is 47.1 Å². The molecule has 0 aliphatic rings. The Hall–Kier alpha value is -2.47. The molecule has 7 heteroatoms. The van der Waals surface area contributed by atoms with Gasteiger partial charge in [-0.3, -0.25) is 9.59 Å². The van der Waals surface area contributed by atoms with Gasteiger partial charge in [0.1, 0.15) is 0 Å². The van der Waals surface area contributed by atoms with Gasteiger partial charge in [0, 0.05) is 18.2 Å². The number of carbonyl (C=O) groups excluding carboxylic acids is 2. The molecule has 0 bridgehead atoms. The third-order valence-electron chi connectivity index (χ3n) is 2.32. The van der Waals surface area contributed by atoms with Crippen LogP contribution in [0, 0.1) is 0 Å². The van der Waals surface area contributed by atoms with Gasteiger partial charge in [0.25, 0.3) is 5.91 Å². The number of halogens is 1. The predicted octanol–water partition coefficient (Wildman–Crippen LogP) is 2.34. The highest BCUT2D eigenvalue weighted by molar-refractivity contribution is 6.29. The predicted molar refractivity (Wildman–Crippen MR) is 75.7 cm³/mol. The smallest absolute Gasteiger partial charge is 0.256 e. The fourth-order valence-corrected chi connectivity index (χ4v) is 1.61. The topological polar surface area (TPSA) is 84.0 Å². The maximum atomic E-state index is 12.0. The molecule has 0 saturated heterocycles. The maximum absolute atomic E-state index is 12.0. The quantitative estimate of drug-likeness (QED) is 0.909. The Morgan fingerprint density at radius 1 is 1.10 bits per heavy atom. The van der Waals surface area contributed by atoms with E-state index in [2.05, 4.69) is 20.8 Å². The number of nitrogens with one attached hydrogen (secondary N) is 2. The molecule has 1 aromatic heterocycles. The van der Waals surface area contributed by atoms with E-state index < -0.39 is 0 Å². The Bertz CT molecular complexity index is 643. The van der Waals surface area contributed by atoms with Gasteiger partial charge in [0.05, 0.1) is 0 Å². The first-order valence-corrected chi connectivity index (χ1v) is 6.10. The van der Waals surface area contributed by atoms with E-state index in [-0.39, 0.29) is 17.0 Å². The maximum Gasteiger partial charge on any atom is 0.256 e. The third-order valence-corrected chi connectivity index (χ3v) is 2.52. The van der Waals surface area contributed by atoms with Gasteiger partial charge in [-0.15, -0.1) is 10.2 Å². The lowest BCUT2D eigenvalue weighted by atomic mass is 10.2. The molecule has 2 aromatic rings. The van der Waals surface area contributed by atoms with E-state index in [4.69, 9.17) is 11.6 Å². The SMILES string of the molecule is CC(=O)Nc1cccc(C(=O)Nc2ccc(Cl)nn2)c1. The highest BCUT2D eigenvalue weighted by Crippen LogP contribution is 2.13. The van der Waals surface area contributed by atoms with Crippen LogP contribution in [0.2, 0.25) is 5.15 Å². The van der Waals surface area contributed by atoms with Gasteiger partial charge in [-0.1, -0.05) is 17.7 Å². The first-order chi connectivity index (χ1) is 9.54. The molecule has 0 aliphatic heterocycles. The molecule has 1 aromatic carbocycles. The first kappa shape index (κ1) is 14.0. The molecule has 102 valence electrons. The van der Waals surface area contributed by atoms with Crippen LogP contribution in [0.3, 0.4) is 0 Å². The summed E-state index contributed by atoms with van der Waals surface area (Å²) >= 11 is 5.61.